The fraction of sp³-hybridized carbons (Fsp3) is 0.250. The maximum Gasteiger partial charge on any atom is 0.414 e. The summed E-state index contributed by atoms with van der Waals surface area (Å²) in [6.07, 6.45) is 0.238. The van der Waals surface area contributed by atoms with Gasteiger partial charge in [-0.2, -0.15) is 0 Å². The summed E-state index contributed by atoms with van der Waals surface area (Å²) < 4.78 is 12.2. The van der Waals surface area contributed by atoms with Gasteiger partial charge in [-0.05, 0) is 36.0 Å². The number of hydrogen-bond acceptors (Lipinski definition) is 6. The Morgan fingerprint density at radius 2 is 1.32 bits per heavy atom. The van der Waals surface area contributed by atoms with E-state index >= 15 is 0 Å². The number of nitrogens with zero attached hydrogens (tertiary/aromatic N) is 1. The molecule has 40 heavy (non-hydrogen) atoms. The molecule has 0 heterocycles. The molecule has 4 rings (SSSR count). The van der Waals surface area contributed by atoms with Crippen LogP contribution in [0.4, 0.5) is 0 Å². The van der Waals surface area contributed by atoms with Crippen LogP contribution >= 0.6 is 0 Å². The van der Waals surface area contributed by atoms with Gasteiger partial charge in [0.25, 0.3) is 0 Å². The first-order chi connectivity index (χ1) is 19.3. The van der Waals surface area contributed by atoms with Crippen LogP contribution in [0.15, 0.2) is 103 Å². The SMILES string of the molecule is CN(CCCOC(c1ccccc1)c1ccccc1)CC(O)COc1cccc2ccccc12.O=C(O)C(=O)O. The van der Waals surface area contributed by atoms with Gasteiger partial charge < -0.3 is 29.7 Å². The van der Waals surface area contributed by atoms with E-state index in [1.54, 1.807) is 0 Å². The number of aliphatic carboxylic acids is 2. The van der Waals surface area contributed by atoms with Crippen molar-refractivity contribution in [3.8, 4) is 5.75 Å². The smallest absolute Gasteiger partial charge is 0.414 e. The summed E-state index contributed by atoms with van der Waals surface area (Å²) in [7, 11) is 2.02. The molecule has 0 radical (unpaired) electrons. The van der Waals surface area contributed by atoms with E-state index in [-0.39, 0.29) is 12.7 Å². The number of aliphatic hydroxyl groups excluding tert-OH is 1. The molecule has 0 aliphatic rings. The number of aliphatic hydroxyl groups is 1. The third-order valence-corrected chi connectivity index (χ3v) is 6.06. The molecule has 4 aromatic rings. The van der Waals surface area contributed by atoms with Gasteiger partial charge in [-0.15, -0.1) is 0 Å². The Balaban J connectivity index is 0.000000663. The second-order valence-corrected chi connectivity index (χ2v) is 9.24. The van der Waals surface area contributed by atoms with Crippen LogP contribution in [0.1, 0.15) is 23.7 Å². The van der Waals surface area contributed by atoms with E-state index in [0.29, 0.717) is 13.2 Å². The van der Waals surface area contributed by atoms with E-state index in [0.717, 1.165) is 40.6 Å². The zero-order valence-corrected chi connectivity index (χ0v) is 22.4. The van der Waals surface area contributed by atoms with Crippen LogP contribution in [0.5, 0.6) is 5.75 Å². The maximum atomic E-state index is 10.5. The van der Waals surface area contributed by atoms with Crippen molar-refractivity contribution in [3.63, 3.8) is 0 Å². The summed E-state index contributed by atoms with van der Waals surface area (Å²) in [5.41, 5.74) is 2.31. The van der Waals surface area contributed by atoms with Crippen LogP contribution in [0.3, 0.4) is 0 Å². The summed E-state index contributed by atoms with van der Waals surface area (Å²) in [4.78, 5) is 20.3. The predicted octanol–water partition coefficient (Wildman–Crippen LogP) is 4.86. The Labute approximate surface area is 234 Å². The molecule has 1 unspecified atom stereocenters. The Hall–Kier alpha value is -4.24. The van der Waals surface area contributed by atoms with Crippen LogP contribution in [0.2, 0.25) is 0 Å². The normalized spacial score (nSPS) is 11.6. The lowest BCUT2D eigenvalue weighted by atomic mass is 10.0. The van der Waals surface area contributed by atoms with Gasteiger partial charge in [-0.3, -0.25) is 0 Å². The van der Waals surface area contributed by atoms with Gasteiger partial charge in [0.05, 0.1) is 0 Å². The third kappa shape index (κ3) is 9.81. The van der Waals surface area contributed by atoms with E-state index in [1.165, 1.54) is 0 Å². The van der Waals surface area contributed by atoms with Crippen LogP contribution in [0, 0.1) is 0 Å². The minimum atomic E-state index is -1.82. The molecule has 0 bridgehead atoms. The quantitative estimate of drug-likeness (QED) is 0.171. The van der Waals surface area contributed by atoms with Gasteiger partial charge in [-0.1, -0.05) is 97.1 Å². The second kappa shape index (κ2) is 16.0. The lowest BCUT2D eigenvalue weighted by molar-refractivity contribution is -0.159. The molecular formula is C32H35NO7. The molecule has 0 aliphatic carbocycles. The van der Waals surface area contributed by atoms with E-state index in [1.807, 2.05) is 73.8 Å². The number of hydrogen-bond donors (Lipinski definition) is 3. The fourth-order valence-electron chi connectivity index (χ4n) is 4.19. The highest BCUT2D eigenvalue weighted by molar-refractivity contribution is 6.27. The number of benzene rings is 4. The molecule has 4 aromatic carbocycles. The van der Waals surface area contributed by atoms with Crippen molar-refractivity contribution in [2.24, 2.45) is 0 Å². The van der Waals surface area contributed by atoms with E-state index in [4.69, 9.17) is 29.3 Å². The van der Waals surface area contributed by atoms with Crippen LogP contribution < -0.4 is 4.74 Å². The van der Waals surface area contributed by atoms with Gasteiger partial charge in [0.15, 0.2) is 0 Å². The van der Waals surface area contributed by atoms with Crippen LogP contribution in [0.25, 0.3) is 10.8 Å². The van der Waals surface area contributed by atoms with Crippen molar-refractivity contribution in [3.05, 3.63) is 114 Å². The van der Waals surface area contributed by atoms with E-state index < -0.39 is 18.0 Å². The van der Waals surface area contributed by atoms with Gasteiger partial charge in [0, 0.05) is 25.1 Å². The summed E-state index contributed by atoms with van der Waals surface area (Å²) >= 11 is 0. The molecule has 0 fully saturated rings. The number of ether oxygens (including phenoxy) is 2. The van der Waals surface area contributed by atoms with Crippen molar-refractivity contribution >= 4 is 22.7 Å². The van der Waals surface area contributed by atoms with Gasteiger partial charge >= 0.3 is 11.9 Å². The predicted molar refractivity (Wildman–Crippen MR) is 154 cm³/mol. The minimum absolute atomic E-state index is 0.0765. The summed E-state index contributed by atoms with van der Waals surface area (Å²) in [6.45, 7) is 2.29. The van der Waals surface area contributed by atoms with Gasteiger partial charge in [0.2, 0.25) is 0 Å². The van der Waals surface area contributed by atoms with Crippen LogP contribution in [-0.2, 0) is 14.3 Å². The maximum absolute atomic E-state index is 10.5. The standard InChI is InChI=1S/C30H33NO3.C2H2O4/c1-31(22-27(32)23-34-29-19-10-17-24-12-8-9-18-28(24)29)20-11-21-33-30(25-13-4-2-5-14-25)26-15-6-3-7-16-26;3-1(4)2(5)6/h2-10,12-19,27,30,32H,11,20-23H2,1H3;(H,3,4)(H,5,6). The van der Waals surface area contributed by atoms with Crippen molar-refractivity contribution in [2.45, 2.75) is 18.6 Å². The average Bonchev–Trinajstić information content (AvgIpc) is 2.97. The molecule has 210 valence electrons. The molecule has 0 spiro atoms. The number of carboxylic acids is 2. The van der Waals surface area contributed by atoms with Gasteiger partial charge in [0.1, 0.15) is 24.6 Å². The van der Waals surface area contributed by atoms with Crippen molar-refractivity contribution < 1.29 is 34.4 Å². The molecule has 0 amide bonds. The number of fused-ring (bicyclic) bond motifs is 1. The molecule has 3 N–H and O–H groups in total. The topological polar surface area (TPSA) is 117 Å². The highest BCUT2D eigenvalue weighted by Gasteiger charge is 2.15. The monoisotopic (exact) mass is 545 g/mol. The number of carbonyl (C=O) groups is 2. The minimum Gasteiger partial charge on any atom is -0.490 e. The first-order valence-corrected chi connectivity index (χ1v) is 13.0. The lowest BCUT2D eigenvalue weighted by Gasteiger charge is -2.22. The Morgan fingerprint density at radius 3 is 1.93 bits per heavy atom. The van der Waals surface area contributed by atoms with Crippen molar-refractivity contribution in [1.29, 1.82) is 0 Å². The van der Waals surface area contributed by atoms with Crippen molar-refractivity contribution in [1.82, 2.24) is 4.90 Å². The average molecular weight is 546 g/mol. The summed E-state index contributed by atoms with van der Waals surface area (Å²) in [6, 6.07) is 34.8. The molecular weight excluding hydrogens is 510 g/mol. The molecule has 0 aromatic heterocycles. The first kappa shape index (κ1) is 30.3. The Morgan fingerprint density at radius 1 is 0.775 bits per heavy atom. The largest absolute Gasteiger partial charge is 0.490 e. The van der Waals surface area contributed by atoms with Crippen LogP contribution in [-0.4, -0.2) is 71.6 Å². The highest BCUT2D eigenvalue weighted by atomic mass is 16.5. The van der Waals surface area contributed by atoms with Crippen molar-refractivity contribution in [2.75, 3.05) is 33.4 Å². The lowest BCUT2D eigenvalue weighted by Crippen LogP contribution is -2.34. The summed E-state index contributed by atoms with van der Waals surface area (Å²) in [5, 5.41) is 27.5. The molecule has 0 aliphatic heterocycles. The Kier molecular flexibility index (Phi) is 12.1. The highest BCUT2D eigenvalue weighted by Crippen LogP contribution is 2.26. The zero-order chi connectivity index (χ0) is 28.7. The van der Waals surface area contributed by atoms with E-state index in [9.17, 15) is 5.11 Å². The fourth-order valence-corrected chi connectivity index (χ4v) is 4.19. The number of likely N-dealkylation sites (N-methyl/N-ethyl adjacent to an activating group) is 1. The zero-order valence-electron chi connectivity index (χ0n) is 22.4. The molecule has 8 heteroatoms. The Bertz CT molecular complexity index is 1270. The third-order valence-electron chi connectivity index (χ3n) is 6.06. The molecule has 1 atom stereocenters. The first-order valence-electron chi connectivity index (χ1n) is 13.0. The second-order valence-electron chi connectivity index (χ2n) is 9.24. The number of carboxylic acid groups (broad SMARTS) is 2. The van der Waals surface area contributed by atoms with E-state index in [2.05, 4.69) is 41.3 Å². The summed E-state index contributed by atoms with van der Waals surface area (Å²) in [5.74, 6) is -2.84. The number of rotatable bonds is 12. The molecule has 0 saturated carbocycles. The molecule has 0 saturated heterocycles. The van der Waals surface area contributed by atoms with Gasteiger partial charge in [-0.25, -0.2) is 9.59 Å². The molecule has 8 nitrogen and oxygen atoms in total.